The van der Waals surface area contributed by atoms with Crippen LogP contribution < -0.4 is 10.6 Å². The molecule has 3 N–H and O–H groups in total. The number of aliphatic imine (C=N–C) groups is 1. The number of nitrogens with zero attached hydrogens (tertiary/aromatic N) is 3. The second kappa shape index (κ2) is 9.03. The maximum atomic E-state index is 12.7. The van der Waals surface area contributed by atoms with Crippen LogP contribution in [0.4, 0.5) is 5.69 Å². The molecule has 11 heteroatoms. The summed E-state index contributed by atoms with van der Waals surface area (Å²) >= 11 is 6.10. The molecule has 0 saturated carbocycles. The average Bonchev–Trinajstić information content (AvgIpc) is 3.11. The number of halogens is 1. The summed E-state index contributed by atoms with van der Waals surface area (Å²) in [4.78, 5) is 29.0. The lowest BCUT2D eigenvalue weighted by molar-refractivity contribution is 0.0945. The molecule has 164 valence electrons. The number of nitrogens with one attached hydrogen (secondary N) is 3. The number of benzene rings is 1. The van der Waals surface area contributed by atoms with E-state index in [4.69, 9.17) is 11.6 Å². The van der Waals surface area contributed by atoms with Gasteiger partial charge in [0.25, 0.3) is 5.91 Å². The van der Waals surface area contributed by atoms with Gasteiger partial charge in [-0.05, 0) is 25.1 Å². The highest BCUT2D eigenvalue weighted by atomic mass is 35.5. The van der Waals surface area contributed by atoms with E-state index in [2.05, 4.69) is 30.6 Å². The summed E-state index contributed by atoms with van der Waals surface area (Å²) in [6.45, 7) is 1.63. The van der Waals surface area contributed by atoms with E-state index >= 15 is 0 Å². The molecule has 1 aromatic carbocycles. The number of hydrogen-bond acceptors (Lipinski definition) is 7. The summed E-state index contributed by atoms with van der Waals surface area (Å²) in [6, 6.07) is 4.82. The number of rotatable bonds is 7. The maximum Gasteiger partial charge on any atom is 0.255 e. The molecule has 0 spiro atoms. The number of carbonyl (C=O) groups excluding carboxylic acids is 1. The minimum Gasteiger partial charge on any atom is -0.388 e. The summed E-state index contributed by atoms with van der Waals surface area (Å²) in [5, 5.41) is 6.36. The Morgan fingerprint density at radius 3 is 2.71 bits per heavy atom. The van der Waals surface area contributed by atoms with Crippen molar-refractivity contribution in [1.82, 2.24) is 20.3 Å². The summed E-state index contributed by atoms with van der Waals surface area (Å²) in [6.07, 6.45) is 4.20. The lowest BCUT2D eigenvalue weighted by Gasteiger charge is -2.13. The van der Waals surface area contributed by atoms with E-state index in [1.54, 1.807) is 39.3 Å². The second-order valence-corrected chi connectivity index (χ2v) is 9.76. The van der Waals surface area contributed by atoms with Crippen LogP contribution >= 0.6 is 11.6 Å². The fourth-order valence-corrected chi connectivity index (χ4v) is 4.44. The normalized spacial score (nSPS) is 13.3. The zero-order chi connectivity index (χ0) is 22.8. The SMILES string of the molecule is CN=C(c1cnc2[nH]cc(C(=O)N[C@H](C)CS(C)(=O)=O)c2n1)c1ccc(Cl)cc1NC. The zero-order valence-corrected chi connectivity index (χ0v) is 19.1. The van der Waals surface area contributed by atoms with Crippen LogP contribution in [0.1, 0.15) is 28.5 Å². The summed E-state index contributed by atoms with van der Waals surface area (Å²) in [5.41, 5.74) is 3.68. The van der Waals surface area contributed by atoms with Gasteiger partial charge < -0.3 is 15.6 Å². The monoisotopic (exact) mass is 462 g/mol. The third-order valence-electron chi connectivity index (χ3n) is 4.53. The second-order valence-electron chi connectivity index (χ2n) is 7.13. The van der Waals surface area contributed by atoms with Gasteiger partial charge >= 0.3 is 0 Å². The number of carbonyl (C=O) groups is 1. The van der Waals surface area contributed by atoms with Gasteiger partial charge in [-0.1, -0.05) is 11.6 Å². The van der Waals surface area contributed by atoms with Gasteiger partial charge in [-0.25, -0.2) is 18.4 Å². The molecule has 1 atom stereocenters. The third-order valence-corrected chi connectivity index (χ3v) is 5.87. The lowest BCUT2D eigenvalue weighted by Crippen LogP contribution is -2.37. The molecular formula is C20H23ClN6O3S. The Kier molecular flexibility index (Phi) is 6.61. The molecule has 3 rings (SSSR count). The molecule has 1 amide bonds. The molecular weight excluding hydrogens is 440 g/mol. The molecule has 0 aliphatic heterocycles. The number of hydrogen-bond donors (Lipinski definition) is 3. The van der Waals surface area contributed by atoms with Crippen LogP contribution in [0.25, 0.3) is 11.2 Å². The molecule has 31 heavy (non-hydrogen) atoms. The van der Waals surface area contributed by atoms with Crippen molar-refractivity contribution >= 4 is 49.9 Å². The van der Waals surface area contributed by atoms with Crippen LogP contribution in [0, 0.1) is 0 Å². The van der Waals surface area contributed by atoms with Crippen LogP contribution in [0.3, 0.4) is 0 Å². The standard InChI is InChI=1S/C20H23ClN6O3S/c1-11(10-31(4,29)30)26-20(28)14-8-24-19-18(14)27-16(9-25-19)17(23-3)13-6-5-12(21)7-15(13)22-2/h5-9,11,22H,10H2,1-4H3,(H,24,25)(H,26,28)/t11-/m1/s1. The van der Waals surface area contributed by atoms with Crippen LogP contribution in [-0.4, -0.2) is 67.1 Å². The molecule has 0 radical (unpaired) electrons. The van der Waals surface area contributed by atoms with Crippen molar-refractivity contribution in [2.45, 2.75) is 13.0 Å². The number of fused-ring (bicyclic) bond motifs is 1. The Labute approximate surface area is 185 Å². The minimum atomic E-state index is -3.22. The molecule has 0 bridgehead atoms. The highest BCUT2D eigenvalue weighted by Crippen LogP contribution is 2.24. The maximum absolute atomic E-state index is 12.7. The van der Waals surface area contributed by atoms with E-state index in [9.17, 15) is 13.2 Å². The Morgan fingerprint density at radius 2 is 2.06 bits per heavy atom. The topological polar surface area (TPSA) is 129 Å². The van der Waals surface area contributed by atoms with Crippen molar-refractivity contribution in [2.24, 2.45) is 4.99 Å². The van der Waals surface area contributed by atoms with Gasteiger partial charge in [-0.3, -0.25) is 9.79 Å². The quantitative estimate of drug-likeness (QED) is 0.462. The summed E-state index contributed by atoms with van der Waals surface area (Å²) < 4.78 is 23.0. The molecule has 0 fully saturated rings. The third kappa shape index (κ3) is 5.20. The first kappa shape index (κ1) is 22.7. The van der Waals surface area contributed by atoms with Gasteiger partial charge in [0, 0.05) is 48.9 Å². The number of sulfone groups is 1. The molecule has 2 aromatic heterocycles. The first-order valence-corrected chi connectivity index (χ1v) is 11.8. The van der Waals surface area contributed by atoms with Crippen molar-refractivity contribution in [3.05, 3.63) is 52.4 Å². The van der Waals surface area contributed by atoms with Gasteiger partial charge in [-0.2, -0.15) is 0 Å². The largest absolute Gasteiger partial charge is 0.388 e. The van der Waals surface area contributed by atoms with Crippen LogP contribution in [-0.2, 0) is 9.84 Å². The average molecular weight is 463 g/mol. The van der Waals surface area contributed by atoms with Gasteiger partial charge in [-0.15, -0.1) is 0 Å². The van der Waals surface area contributed by atoms with Gasteiger partial charge in [0.2, 0.25) is 0 Å². The van der Waals surface area contributed by atoms with Gasteiger partial charge in [0.05, 0.1) is 23.2 Å². The number of aromatic amines is 1. The lowest BCUT2D eigenvalue weighted by atomic mass is 10.0. The van der Waals surface area contributed by atoms with Gasteiger partial charge in [0.15, 0.2) is 5.65 Å². The van der Waals surface area contributed by atoms with Crippen LogP contribution in [0.5, 0.6) is 0 Å². The van der Waals surface area contributed by atoms with E-state index in [1.807, 2.05) is 6.07 Å². The summed E-state index contributed by atoms with van der Waals surface area (Å²) in [5.74, 6) is -0.597. The van der Waals surface area contributed by atoms with E-state index in [-0.39, 0.29) is 11.3 Å². The number of anilines is 1. The highest BCUT2D eigenvalue weighted by Gasteiger charge is 2.20. The van der Waals surface area contributed by atoms with E-state index < -0.39 is 21.8 Å². The van der Waals surface area contributed by atoms with E-state index in [0.717, 1.165) is 17.5 Å². The molecule has 2 heterocycles. The number of H-pyrrole nitrogens is 1. The van der Waals surface area contributed by atoms with E-state index in [1.165, 1.54) is 6.20 Å². The zero-order valence-electron chi connectivity index (χ0n) is 17.5. The van der Waals surface area contributed by atoms with Crippen LogP contribution in [0.2, 0.25) is 5.02 Å². The smallest absolute Gasteiger partial charge is 0.255 e. The van der Waals surface area contributed by atoms with Crippen molar-refractivity contribution in [2.75, 3.05) is 31.4 Å². The number of amides is 1. The minimum absolute atomic E-state index is 0.159. The molecule has 0 saturated heterocycles. The fraction of sp³-hybridized carbons (Fsp3) is 0.300. The first-order chi connectivity index (χ1) is 14.6. The van der Waals surface area contributed by atoms with Crippen molar-refractivity contribution < 1.29 is 13.2 Å². The molecule has 0 aliphatic rings. The van der Waals surface area contributed by atoms with Gasteiger partial charge in [0.1, 0.15) is 21.0 Å². The molecule has 9 nitrogen and oxygen atoms in total. The van der Waals surface area contributed by atoms with E-state index in [0.29, 0.717) is 27.6 Å². The first-order valence-electron chi connectivity index (χ1n) is 9.40. The Bertz CT molecular complexity index is 1270. The predicted octanol–water partition coefficient (Wildman–Crippen LogP) is 2.28. The molecule has 0 aliphatic carbocycles. The van der Waals surface area contributed by atoms with Crippen molar-refractivity contribution in [3.63, 3.8) is 0 Å². The highest BCUT2D eigenvalue weighted by molar-refractivity contribution is 7.90. The predicted molar refractivity (Wildman–Crippen MR) is 123 cm³/mol. The molecule has 3 aromatic rings. The van der Waals surface area contributed by atoms with Crippen molar-refractivity contribution in [1.29, 1.82) is 0 Å². The Balaban J connectivity index is 1.98. The Hall–Kier alpha value is -2.98. The summed E-state index contributed by atoms with van der Waals surface area (Å²) in [7, 11) is 0.203. The fourth-order valence-electron chi connectivity index (χ4n) is 3.28. The van der Waals surface area contributed by atoms with Crippen LogP contribution in [0.15, 0.2) is 35.6 Å². The molecule has 0 unspecified atom stereocenters. The van der Waals surface area contributed by atoms with Crippen molar-refractivity contribution in [3.8, 4) is 0 Å². The Morgan fingerprint density at radius 1 is 1.32 bits per heavy atom. The number of aromatic nitrogens is 3.